The van der Waals surface area contributed by atoms with Crippen molar-refractivity contribution >= 4 is 16.8 Å². The fraction of sp³-hybridized carbons (Fsp3) is 0.300. The van der Waals surface area contributed by atoms with E-state index in [4.69, 9.17) is 5.73 Å². The first-order valence-electron chi connectivity index (χ1n) is 8.58. The highest BCUT2D eigenvalue weighted by Crippen LogP contribution is 2.26. The van der Waals surface area contributed by atoms with Crippen molar-refractivity contribution in [2.24, 2.45) is 11.7 Å². The topological polar surface area (TPSA) is 101 Å². The molecule has 0 saturated heterocycles. The molecule has 3 aromatic rings. The second-order valence-corrected chi connectivity index (χ2v) is 6.88. The maximum Gasteiger partial charge on any atom is 0.249 e. The van der Waals surface area contributed by atoms with E-state index in [0.29, 0.717) is 11.6 Å². The average molecular weight is 353 g/mol. The number of aromatic nitrogens is 2. The number of benzene rings is 1. The highest BCUT2D eigenvalue weighted by atomic mass is 16.3. The predicted octanol–water partition coefficient (Wildman–Crippen LogP) is 2.24. The monoisotopic (exact) mass is 353 g/mol. The van der Waals surface area contributed by atoms with E-state index in [1.165, 1.54) is 0 Å². The Morgan fingerprint density at radius 2 is 1.96 bits per heavy atom. The highest BCUT2D eigenvalue weighted by Gasteiger charge is 2.24. The van der Waals surface area contributed by atoms with E-state index in [-0.39, 0.29) is 5.69 Å². The second kappa shape index (κ2) is 7.27. The minimum Gasteiger partial charge on any atom is -0.384 e. The van der Waals surface area contributed by atoms with Gasteiger partial charge in [0.25, 0.3) is 0 Å². The molecule has 6 nitrogen and oxygen atoms in total. The number of primary amides is 1. The van der Waals surface area contributed by atoms with Crippen LogP contribution >= 0.6 is 0 Å². The molecule has 0 bridgehead atoms. The zero-order chi connectivity index (χ0) is 18.8. The lowest BCUT2D eigenvalue weighted by molar-refractivity contribution is -0.132. The highest BCUT2D eigenvalue weighted by molar-refractivity contribution is 5.85. The van der Waals surface area contributed by atoms with Crippen molar-refractivity contribution in [2.75, 3.05) is 0 Å². The summed E-state index contributed by atoms with van der Waals surface area (Å²) in [4.78, 5) is 15.5. The van der Waals surface area contributed by atoms with Crippen LogP contribution < -0.4 is 5.73 Å². The van der Waals surface area contributed by atoms with E-state index in [0.717, 1.165) is 23.0 Å². The molecule has 0 aliphatic heterocycles. The van der Waals surface area contributed by atoms with Crippen molar-refractivity contribution in [3.8, 4) is 11.3 Å². The van der Waals surface area contributed by atoms with E-state index in [2.05, 4.69) is 41.7 Å². The Hall–Kier alpha value is -2.70. The molecule has 136 valence electrons. The molecule has 2 atom stereocenters. The molecule has 4 N–H and O–H groups in total. The molecule has 2 aromatic heterocycles. The molecule has 0 spiro atoms. The largest absolute Gasteiger partial charge is 0.384 e. The van der Waals surface area contributed by atoms with Crippen LogP contribution in [0.3, 0.4) is 0 Å². The third-order valence-corrected chi connectivity index (χ3v) is 4.29. The Labute approximate surface area is 151 Å². The Morgan fingerprint density at radius 1 is 1.19 bits per heavy atom. The van der Waals surface area contributed by atoms with E-state index in [9.17, 15) is 15.0 Å². The third-order valence-electron chi connectivity index (χ3n) is 4.29. The van der Waals surface area contributed by atoms with E-state index in [1.807, 2.05) is 18.2 Å². The molecule has 2 unspecified atom stereocenters. The Morgan fingerprint density at radius 3 is 2.65 bits per heavy atom. The number of aliphatic hydroxyl groups is 2. The summed E-state index contributed by atoms with van der Waals surface area (Å²) in [5, 5.41) is 20.8. The molecule has 3 rings (SSSR count). The lowest BCUT2D eigenvalue weighted by atomic mass is 10.1. The zero-order valence-corrected chi connectivity index (χ0v) is 14.8. The van der Waals surface area contributed by atoms with Crippen molar-refractivity contribution in [3.05, 3.63) is 54.4 Å². The molecule has 1 amide bonds. The van der Waals surface area contributed by atoms with Gasteiger partial charge in [0.15, 0.2) is 6.10 Å². The van der Waals surface area contributed by atoms with Crippen molar-refractivity contribution in [3.63, 3.8) is 0 Å². The first-order valence-corrected chi connectivity index (χ1v) is 8.58. The summed E-state index contributed by atoms with van der Waals surface area (Å²) in [5.41, 5.74) is 7.94. The number of aliphatic hydroxyl groups excluding tert-OH is 2. The standard InChI is InChI=1S/C20H23N3O3/c1-12(2)11-23-9-8-14-10-13(6-7-17(14)23)15-4-3-5-16(22-15)18(24)19(25)20(21)26/h3-10,12,18-19,24-25H,11H2,1-2H3,(H2,21,26). The normalized spacial score (nSPS) is 13.9. The average Bonchev–Trinajstić information content (AvgIpc) is 3.02. The van der Waals surface area contributed by atoms with Crippen LogP contribution in [0.5, 0.6) is 0 Å². The fourth-order valence-electron chi connectivity index (χ4n) is 3.01. The van der Waals surface area contributed by atoms with Crippen LogP contribution in [0.15, 0.2) is 48.7 Å². The number of hydrogen-bond donors (Lipinski definition) is 3. The number of fused-ring (bicyclic) bond motifs is 1. The van der Waals surface area contributed by atoms with Crippen molar-refractivity contribution in [1.29, 1.82) is 0 Å². The van der Waals surface area contributed by atoms with Gasteiger partial charge in [-0.3, -0.25) is 4.79 Å². The first-order chi connectivity index (χ1) is 12.4. The SMILES string of the molecule is CC(C)Cn1ccc2cc(-c3cccc(C(O)C(O)C(N)=O)n3)ccc21. The number of carbonyl (C=O) groups excluding carboxylic acids is 1. The number of hydrogen-bond acceptors (Lipinski definition) is 4. The Balaban J connectivity index is 1.94. The molecule has 0 aliphatic rings. The van der Waals surface area contributed by atoms with Crippen LogP contribution in [-0.2, 0) is 11.3 Å². The van der Waals surface area contributed by atoms with Crippen LogP contribution in [0, 0.1) is 5.92 Å². The minimum absolute atomic E-state index is 0.200. The summed E-state index contributed by atoms with van der Waals surface area (Å²) >= 11 is 0. The summed E-state index contributed by atoms with van der Waals surface area (Å²) < 4.78 is 2.22. The molecule has 0 radical (unpaired) electrons. The van der Waals surface area contributed by atoms with Crippen molar-refractivity contribution in [2.45, 2.75) is 32.6 Å². The van der Waals surface area contributed by atoms with E-state index < -0.39 is 18.1 Å². The maximum absolute atomic E-state index is 11.1. The molecule has 2 heterocycles. The maximum atomic E-state index is 11.1. The molecule has 0 saturated carbocycles. The van der Waals surface area contributed by atoms with Gasteiger partial charge in [-0.1, -0.05) is 26.0 Å². The zero-order valence-electron chi connectivity index (χ0n) is 14.8. The number of amides is 1. The Kier molecular flexibility index (Phi) is 5.06. The van der Waals surface area contributed by atoms with Crippen LogP contribution in [0.25, 0.3) is 22.2 Å². The van der Waals surface area contributed by atoms with Gasteiger partial charge in [0.2, 0.25) is 5.91 Å². The van der Waals surface area contributed by atoms with E-state index in [1.54, 1.807) is 12.1 Å². The predicted molar refractivity (Wildman–Crippen MR) is 100 cm³/mol. The molecule has 0 fully saturated rings. The number of rotatable bonds is 6. The van der Waals surface area contributed by atoms with E-state index >= 15 is 0 Å². The molecular weight excluding hydrogens is 330 g/mol. The molecule has 0 aliphatic carbocycles. The van der Waals surface area contributed by atoms with Crippen LogP contribution in [-0.4, -0.2) is 31.8 Å². The van der Waals surface area contributed by atoms with Gasteiger partial charge in [-0.2, -0.15) is 0 Å². The molecule has 26 heavy (non-hydrogen) atoms. The summed E-state index contributed by atoms with van der Waals surface area (Å²) in [7, 11) is 0. The summed E-state index contributed by atoms with van der Waals surface area (Å²) in [6.07, 6.45) is -1.07. The lowest BCUT2D eigenvalue weighted by Gasteiger charge is -2.15. The quantitative estimate of drug-likeness (QED) is 0.632. The Bertz CT molecular complexity index is 933. The number of nitrogens with two attached hydrogens (primary N) is 1. The second-order valence-electron chi connectivity index (χ2n) is 6.88. The smallest absolute Gasteiger partial charge is 0.249 e. The van der Waals surface area contributed by atoms with Crippen molar-refractivity contribution in [1.82, 2.24) is 9.55 Å². The summed E-state index contributed by atoms with van der Waals surface area (Å²) in [6, 6.07) is 13.2. The molecular formula is C20H23N3O3. The van der Waals surface area contributed by atoms with Gasteiger partial charge < -0.3 is 20.5 Å². The molecule has 6 heteroatoms. The number of pyridine rings is 1. The summed E-state index contributed by atoms with van der Waals surface area (Å²) in [6.45, 7) is 5.32. The van der Waals surface area contributed by atoms with Gasteiger partial charge in [-0.05, 0) is 36.2 Å². The van der Waals surface area contributed by atoms with Crippen LogP contribution in [0.4, 0.5) is 0 Å². The minimum atomic E-state index is -1.69. The number of carbonyl (C=O) groups is 1. The third kappa shape index (κ3) is 3.61. The van der Waals surface area contributed by atoms with Crippen LogP contribution in [0.2, 0.25) is 0 Å². The number of nitrogens with zero attached hydrogens (tertiary/aromatic N) is 2. The fourth-order valence-corrected chi connectivity index (χ4v) is 3.01. The van der Waals surface area contributed by atoms with Gasteiger partial charge >= 0.3 is 0 Å². The van der Waals surface area contributed by atoms with Gasteiger partial charge in [0.05, 0.1) is 11.4 Å². The van der Waals surface area contributed by atoms with Gasteiger partial charge in [0.1, 0.15) is 6.10 Å². The first kappa shape index (κ1) is 18.1. The van der Waals surface area contributed by atoms with Crippen LogP contribution in [0.1, 0.15) is 25.6 Å². The lowest BCUT2D eigenvalue weighted by Crippen LogP contribution is -2.34. The molecule has 1 aromatic carbocycles. The van der Waals surface area contributed by atoms with Crippen molar-refractivity contribution < 1.29 is 15.0 Å². The summed E-state index contributed by atoms with van der Waals surface area (Å²) in [5.74, 6) is -0.431. The van der Waals surface area contributed by atoms with Gasteiger partial charge in [-0.15, -0.1) is 0 Å². The van der Waals surface area contributed by atoms with Gasteiger partial charge in [0, 0.05) is 29.2 Å². The van der Waals surface area contributed by atoms with Gasteiger partial charge in [-0.25, -0.2) is 4.98 Å².